The number of benzene rings is 1. The van der Waals surface area contributed by atoms with E-state index in [1.807, 2.05) is 0 Å². The number of hydrogen-bond donors (Lipinski definition) is 0. The molecular weight excluding hydrogens is 359 g/mol. The zero-order valence-electron chi connectivity index (χ0n) is 14.2. The molecule has 5 nitrogen and oxygen atoms in total. The van der Waals surface area contributed by atoms with Gasteiger partial charge in [-0.15, -0.1) is 0 Å². The lowest BCUT2D eigenvalue weighted by molar-refractivity contribution is -0.152. The highest BCUT2D eigenvalue weighted by atomic mass is 35.5. The minimum atomic E-state index is -0.653. The number of aromatic nitrogens is 2. The molecule has 2 aromatic rings. The van der Waals surface area contributed by atoms with Crippen LogP contribution in [0, 0.1) is 12.7 Å². The maximum atomic E-state index is 13.1. The highest BCUT2D eigenvalue weighted by Crippen LogP contribution is 2.25. The van der Waals surface area contributed by atoms with Crippen molar-refractivity contribution >= 4 is 29.4 Å². The van der Waals surface area contributed by atoms with Crippen molar-refractivity contribution in [1.82, 2.24) is 9.78 Å². The van der Waals surface area contributed by atoms with Crippen molar-refractivity contribution in [3.05, 3.63) is 52.6 Å². The summed E-state index contributed by atoms with van der Waals surface area (Å²) in [5.41, 5.74) is 1.77. The van der Waals surface area contributed by atoms with Crippen molar-refractivity contribution in [1.29, 1.82) is 0 Å². The Morgan fingerprint density at radius 3 is 2.77 bits per heavy atom. The minimum absolute atomic E-state index is 0.0312. The second-order valence-corrected chi connectivity index (χ2v) is 6.51. The normalized spacial score (nSPS) is 17.7. The first-order valence-electron chi connectivity index (χ1n) is 8.38. The van der Waals surface area contributed by atoms with Crippen LogP contribution in [0.4, 0.5) is 4.39 Å². The van der Waals surface area contributed by atoms with Gasteiger partial charge in [-0.05, 0) is 56.5 Å². The number of hydrogen-bond acceptors (Lipinski definition) is 4. The second-order valence-electron chi connectivity index (χ2n) is 6.15. The van der Waals surface area contributed by atoms with Crippen LogP contribution in [-0.2, 0) is 14.3 Å². The number of carbonyl (C=O) groups excluding carboxylic acids is 2. The molecule has 1 heterocycles. The molecule has 0 N–H and O–H groups in total. The Balaban J connectivity index is 1.75. The van der Waals surface area contributed by atoms with Gasteiger partial charge in [0.25, 0.3) is 0 Å². The van der Waals surface area contributed by atoms with Gasteiger partial charge in [0.2, 0.25) is 0 Å². The fourth-order valence-corrected chi connectivity index (χ4v) is 3.20. The molecule has 0 unspecified atom stereocenters. The molecule has 0 amide bonds. The summed E-state index contributed by atoms with van der Waals surface area (Å²) in [6.45, 7) is 1.75. The third-order valence-corrected chi connectivity index (χ3v) is 4.63. The third-order valence-electron chi connectivity index (χ3n) is 4.26. The van der Waals surface area contributed by atoms with Gasteiger partial charge in [-0.1, -0.05) is 11.6 Å². The first-order chi connectivity index (χ1) is 12.5. The van der Waals surface area contributed by atoms with Crippen LogP contribution < -0.4 is 0 Å². The topological polar surface area (TPSA) is 61.2 Å². The molecule has 136 valence electrons. The van der Waals surface area contributed by atoms with E-state index < -0.39 is 12.1 Å². The molecule has 1 aliphatic carbocycles. The van der Waals surface area contributed by atoms with Crippen LogP contribution in [-0.4, -0.2) is 27.6 Å². The molecule has 1 atom stereocenters. The molecule has 0 bridgehead atoms. The van der Waals surface area contributed by atoms with Crippen molar-refractivity contribution in [3.8, 4) is 5.69 Å². The van der Waals surface area contributed by atoms with Gasteiger partial charge in [0.05, 0.1) is 11.4 Å². The fraction of sp³-hybridized carbons (Fsp3) is 0.316. The van der Waals surface area contributed by atoms with Crippen LogP contribution in [0.25, 0.3) is 11.8 Å². The van der Waals surface area contributed by atoms with E-state index in [0.717, 1.165) is 12.8 Å². The van der Waals surface area contributed by atoms with Gasteiger partial charge in [-0.25, -0.2) is 13.9 Å². The average Bonchev–Trinajstić information content (AvgIpc) is 2.90. The van der Waals surface area contributed by atoms with E-state index in [4.69, 9.17) is 16.3 Å². The zero-order chi connectivity index (χ0) is 18.7. The summed E-state index contributed by atoms with van der Waals surface area (Å²) < 4.78 is 19.8. The summed E-state index contributed by atoms with van der Waals surface area (Å²) in [6.07, 6.45) is 4.85. The fourth-order valence-electron chi connectivity index (χ4n) is 2.86. The molecule has 0 saturated heterocycles. The van der Waals surface area contributed by atoms with Crippen LogP contribution in [0.3, 0.4) is 0 Å². The SMILES string of the molecule is Cc1nn(-c2ccc(F)cc2)c(Cl)c1/C=C/C(=O)O[C@H]1CCCCC1=O. The van der Waals surface area contributed by atoms with Crippen LogP contribution in [0.2, 0.25) is 5.15 Å². The Labute approximate surface area is 155 Å². The molecule has 7 heteroatoms. The van der Waals surface area contributed by atoms with Crippen LogP contribution in [0.15, 0.2) is 30.3 Å². The predicted molar refractivity (Wildman–Crippen MR) is 95.7 cm³/mol. The number of carbonyl (C=O) groups is 2. The first kappa shape index (κ1) is 18.3. The Hall–Kier alpha value is -2.47. The van der Waals surface area contributed by atoms with Crippen LogP contribution in [0.5, 0.6) is 0 Å². The number of esters is 1. The van der Waals surface area contributed by atoms with E-state index >= 15 is 0 Å². The number of ketones is 1. The Kier molecular flexibility index (Phi) is 5.52. The summed E-state index contributed by atoms with van der Waals surface area (Å²) in [5.74, 6) is -0.972. The lowest BCUT2D eigenvalue weighted by Crippen LogP contribution is -2.29. The minimum Gasteiger partial charge on any atom is -0.451 e. The van der Waals surface area contributed by atoms with Gasteiger partial charge < -0.3 is 4.74 Å². The molecule has 1 saturated carbocycles. The Morgan fingerprint density at radius 1 is 1.35 bits per heavy atom. The molecular formula is C19H18ClFN2O3. The third kappa shape index (κ3) is 4.02. The number of Topliss-reactive ketones (excluding diaryl/α,β-unsaturated/α-hetero) is 1. The second kappa shape index (κ2) is 7.83. The van der Waals surface area contributed by atoms with Gasteiger partial charge in [0.1, 0.15) is 11.0 Å². The van der Waals surface area contributed by atoms with Crippen molar-refractivity contribution in [2.45, 2.75) is 38.7 Å². The largest absolute Gasteiger partial charge is 0.451 e. The van der Waals surface area contributed by atoms with E-state index in [9.17, 15) is 14.0 Å². The zero-order valence-corrected chi connectivity index (χ0v) is 15.0. The van der Waals surface area contributed by atoms with Crippen molar-refractivity contribution < 1.29 is 18.7 Å². The molecule has 1 aromatic heterocycles. The van der Waals surface area contributed by atoms with Crippen LogP contribution >= 0.6 is 11.6 Å². The van der Waals surface area contributed by atoms with E-state index in [0.29, 0.717) is 34.9 Å². The summed E-state index contributed by atoms with van der Waals surface area (Å²) in [4.78, 5) is 23.7. The number of ether oxygens (including phenoxy) is 1. The van der Waals surface area contributed by atoms with Crippen LogP contribution in [0.1, 0.15) is 36.9 Å². The van der Waals surface area contributed by atoms with E-state index in [1.165, 1.54) is 29.0 Å². The molecule has 0 aliphatic heterocycles. The summed E-state index contributed by atoms with van der Waals surface area (Å²) in [5, 5.41) is 4.62. The van der Waals surface area contributed by atoms with Gasteiger partial charge in [-0.3, -0.25) is 4.79 Å². The molecule has 26 heavy (non-hydrogen) atoms. The van der Waals surface area contributed by atoms with E-state index in [1.54, 1.807) is 19.1 Å². The van der Waals surface area contributed by atoms with Crippen molar-refractivity contribution in [2.75, 3.05) is 0 Å². The summed E-state index contributed by atoms with van der Waals surface area (Å²) in [7, 11) is 0. The van der Waals surface area contributed by atoms with Gasteiger partial charge in [0.15, 0.2) is 11.9 Å². The summed E-state index contributed by atoms with van der Waals surface area (Å²) >= 11 is 6.35. The van der Waals surface area contributed by atoms with Gasteiger partial charge in [-0.2, -0.15) is 5.10 Å². The monoisotopic (exact) mass is 376 g/mol. The smallest absolute Gasteiger partial charge is 0.331 e. The maximum absolute atomic E-state index is 13.1. The Bertz CT molecular complexity index is 858. The van der Waals surface area contributed by atoms with Gasteiger partial charge >= 0.3 is 5.97 Å². The molecule has 1 aromatic carbocycles. The van der Waals surface area contributed by atoms with Crippen molar-refractivity contribution in [3.63, 3.8) is 0 Å². The quantitative estimate of drug-likeness (QED) is 0.596. The highest BCUT2D eigenvalue weighted by molar-refractivity contribution is 6.31. The maximum Gasteiger partial charge on any atom is 0.331 e. The predicted octanol–water partition coefficient (Wildman–Crippen LogP) is 4.04. The van der Waals surface area contributed by atoms with E-state index in [2.05, 4.69) is 5.10 Å². The molecule has 1 fully saturated rings. The number of halogens is 2. The standard InChI is InChI=1S/C19H18ClFN2O3/c1-12-15(10-11-18(25)26-17-5-3-2-4-16(17)24)19(20)23(22-12)14-8-6-13(21)7-9-14/h6-11,17H,2-5H2,1H3/b11-10+/t17-/m0/s1. The molecule has 0 radical (unpaired) electrons. The number of rotatable bonds is 4. The molecule has 1 aliphatic rings. The lowest BCUT2D eigenvalue weighted by Gasteiger charge is -2.19. The molecule has 0 spiro atoms. The molecule has 3 rings (SSSR count). The Morgan fingerprint density at radius 2 is 2.08 bits per heavy atom. The van der Waals surface area contributed by atoms with E-state index in [-0.39, 0.29) is 11.6 Å². The first-order valence-corrected chi connectivity index (χ1v) is 8.76. The average molecular weight is 377 g/mol. The van der Waals surface area contributed by atoms with Gasteiger partial charge in [0, 0.05) is 18.1 Å². The number of nitrogens with zero attached hydrogens (tertiary/aromatic N) is 2. The number of aryl methyl sites for hydroxylation is 1. The lowest BCUT2D eigenvalue weighted by atomic mass is 9.96. The van der Waals surface area contributed by atoms with Crippen molar-refractivity contribution in [2.24, 2.45) is 0 Å². The highest BCUT2D eigenvalue weighted by Gasteiger charge is 2.25. The summed E-state index contributed by atoms with van der Waals surface area (Å²) in [6, 6.07) is 5.75.